The van der Waals surface area contributed by atoms with Crippen LogP contribution in [0.15, 0.2) is 24.3 Å². The molecule has 1 aromatic rings. The van der Waals surface area contributed by atoms with Crippen molar-refractivity contribution in [3.63, 3.8) is 0 Å². The Bertz CT molecular complexity index is 842. The fourth-order valence-electron chi connectivity index (χ4n) is 5.27. The average molecular weight is 457 g/mol. The molecule has 1 saturated carbocycles. The number of methoxy groups -OCH3 is 1. The summed E-state index contributed by atoms with van der Waals surface area (Å²) >= 11 is 0. The van der Waals surface area contributed by atoms with Gasteiger partial charge in [0.1, 0.15) is 11.3 Å². The predicted molar refractivity (Wildman–Crippen MR) is 125 cm³/mol. The highest BCUT2D eigenvalue weighted by atomic mass is 16.5. The third kappa shape index (κ3) is 5.66. The molecule has 4 rings (SSSR count). The lowest BCUT2D eigenvalue weighted by Gasteiger charge is -2.32. The van der Waals surface area contributed by atoms with Gasteiger partial charge < -0.3 is 15.4 Å². The number of carbonyl (C=O) groups excluding carboxylic acids is 3. The number of likely N-dealkylation sites (tertiary alicyclic amines) is 1. The molecule has 0 unspecified atom stereocenters. The van der Waals surface area contributed by atoms with Crippen molar-refractivity contribution in [2.45, 2.75) is 63.5 Å². The molecule has 0 aromatic heterocycles. The van der Waals surface area contributed by atoms with E-state index in [1.165, 1.54) is 10.5 Å². The highest BCUT2D eigenvalue weighted by Gasteiger charge is 2.51. The van der Waals surface area contributed by atoms with Crippen LogP contribution in [0.1, 0.15) is 56.9 Å². The van der Waals surface area contributed by atoms with Gasteiger partial charge >= 0.3 is 6.03 Å². The number of benzene rings is 1. The second-order valence-corrected chi connectivity index (χ2v) is 9.65. The molecular weight excluding hydrogens is 420 g/mol. The van der Waals surface area contributed by atoms with Gasteiger partial charge in [-0.25, -0.2) is 4.79 Å². The lowest BCUT2D eigenvalue weighted by atomic mass is 9.82. The first-order valence-corrected chi connectivity index (χ1v) is 12.3. The molecule has 33 heavy (non-hydrogen) atoms. The number of carbonyl (C=O) groups is 3. The van der Waals surface area contributed by atoms with Crippen LogP contribution in [0, 0.1) is 5.92 Å². The molecule has 2 N–H and O–H groups in total. The molecule has 8 heteroatoms. The minimum Gasteiger partial charge on any atom is -0.497 e. The molecule has 2 heterocycles. The molecule has 1 spiro atoms. The van der Waals surface area contributed by atoms with Gasteiger partial charge in [-0.05, 0) is 62.4 Å². The highest BCUT2D eigenvalue weighted by molar-refractivity contribution is 6.07. The molecule has 8 nitrogen and oxygen atoms in total. The molecule has 3 aliphatic rings. The van der Waals surface area contributed by atoms with Crippen molar-refractivity contribution in [3.05, 3.63) is 29.8 Å². The maximum atomic E-state index is 12.8. The van der Waals surface area contributed by atoms with Gasteiger partial charge in [-0.1, -0.05) is 31.4 Å². The lowest BCUT2D eigenvalue weighted by Crippen LogP contribution is -2.48. The molecule has 0 bridgehead atoms. The second-order valence-electron chi connectivity index (χ2n) is 9.65. The monoisotopic (exact) mass is 456 g/mol. The largest absolute Gasteiger partial charge is 0.497 e. The molecular formula is C25H36N4O4. The number of amides is 4. The van der Waals surface area contributed by atoms with Crippen molar-refractivity contribution in [2.75, 3.05) is 33.3 Å². The number of urea groups is 1. The van der Waals surface area contributed by atoms with Gasteiger partial charge in [0, 0.05) is 26.1 Å². The fourth-order valence-corrected chi connectivity index (χ4v) is 5.27. The van der Waals surface area contributed by atoms with Gasteiger partial charge in [0.2, 0.25) is 5.91 Å². The first kappa shape index (κ1) is 23.5. The van der Waals surface area contributed by atoms with E-state index in [0.717, 1.165) is 57.5 Å². The predicted octanol–water partition coefficient (Wildman–Crippen LogP) is 2.67. The van der Waals surface area contributed by atoms with E-state index >= 15 is 0 Å². The molecule has 3 fully saturated rings. The summed E-state index contributed by atoms with van der Waals surface area (Å²) in [6.45, 7) is 3.75. The van der Waals surface area contributed by atoms with Crippen LogP contribution in [-0.2, 0) is 16.1 Å². The summed E-state index contributed by atoms with van der Waals surface area (Å²) in [7, 11) is 1.67. The van der Waals surface area contributed by atoms with Crippen molar-refractivity contribution in [1.82, 2.24) is 20.4 Å². The molecule has 0 atom stereocenters. The average Bonchev–Trinajstić information content (AvgIpc) is 3.06. The van der Waals surface area contributed by atoms with Crippen molar-refractivity contribution in [1.29, 1.82) is 0 Å². The first-order valence-electron chi connectivity index (χ1n) is 12.3. The van der Waals surface area contributed by atoms with E-state index in [1.54, 1.807) is 7.11 Å². The summed E-state index contributed by atoms with van der Waals surface area (Å²) in [5.41, 5.74) is 0.559. The topological polar surface area (TPSA) is 91.0 Å². The molecule has 4 amide bonds. The van der Waals surface area contributed by atoms with Gasteiger partial charge in [-0.2, -0.15) is 0 Å². The number of nitrogens with one attached hydrogen (secondary N) is 2. The lowest BCUT2D eigenvalue weighted by molar-refractivity contribution is -0.132. The Morgan fingerprint density at radius 1 is 1.12 bits per heavy atom. The second kappa shape index (κ2) is 10.5. The number of rotatable bonds is 8. The van der Waals surface area contributed by atoms with Crippen molar-refractivity contribution < 1.29 is 19.1 Å². The smallest absolute Gasteiger partial charge is 0.325 e. The van der Waals surface area contributed by atoms with E-state index in [0.29, 0.717) is 25.3 Å². The number of hydrogen-bond donors (Lipinski definition) is 2. The Labute approximate surface area is 196 Å². The number of imide groups is 1. The molecule has 1 aliphatic carbocycles. The van der Waals surface area contributed by atoms with Crippen LogP contribution in [0.3, 0.4) is 0 Å². The number of hydrogen-bond acceptors (Lipinski definition) is 5. The zero-order valence-corrected chi connectivity index (χ0v) is 19.6. The molecule has 2 aliphatic heterocycles. The quantitative estimate of drug-likeness (QED) is 0.587. The SMILES string of the molecule is COc1ccc(CN2CCC(CNC(=O)CCN3C(=O)NC4(CCCCC4)C3=O)CC2)cc1. The van der Waals surface area contributed by atoms with E-state index in [2.05, 4.69) is 27.7 Å². The van der Waals surface area contributed by atoms with Crippen LogP contribution < -0.4 is 15.4 Å². The third-order valence-electron chi connectivity index (χ3n) is 7.38. The fraction of sp³-hybridized carbons (Fsp3) is 0.640. The summed E-state index contributed by atoms with van der Waals surface area (Å²) < 4.78 is 5.22. The third-order valence-corrected chi connectivity index (χ3v) is 7.38. The summed E-state index contributed by atoms with van der Waals surface area (Å²) in [6, 6.07) is 7.84. The summed E-state index contributed by atoms with van der Waals surface area (Å²) in [6.07, 6.45) is 6.69. The van der Waals surface area contributed by atoms with Crippen molar-refractivity contribution >= 4 is 17.8 Å². The minimum absolute atomic E-state index is 0.0964. The van der Waals surface area contributed by atoms with E-state index < -0.39 is 5.54 Å². The zero-order valence-electron chi connectivity index (χ0n) is 19.6. The highest BCUT2D eigenvalue weighted by Crippen LogP contribution is 2.33. The molecule has 1 aromatic carbocycles. The van der Waals surface area contributed by atoms with Crippen LogP contribution in [0.5, 0.6) is 5.75 Å². The van der Waals surface area contributed by atoms with Crippen LogP contribution >= 0.6 is 0 Å². The molecule has 2 saturated heterocycles. The number of piperidine rings is 1. The van der Waals surface area contributed by atoms with E-state index in [-0.39, 0.29) is 30.8 Å². The first-order chi connectivity index (χ1) is 16.0. The molecule has 180 valence electrons. The van der Waals surface area contributed by atoms with Gasteiger partial charge in [-0.15, -0.1) is 0 Å². The van der Waals surface area contributed by atoms with Gasteiger partial charge in [-0.3, -0.25) is 19.4 Å². The number of ether oxygens (including phenoxy) is 1. The normalized spacial score (nSPS) is 21.3. The van der Waals surface area contributed by atoms with Crippen molar-refractivity contribution in [2.24, 2.45) is 5.92 Å². The summed E-state index contributed by atoms with van der Waals surface area (Å²) in [5, 5.41) is 5.91. The van der Waals surface area contributed by atoms with Crippen molar-refractivity contribution in [3.8, 4) is 5.75 Å². The molecule has 0 radical (unpaired) electrons. The van der Waals surface area contributed by atoms with Gasteiger partial charge in [0.15, 0.2) is 0 Å². The maximum Gasteiger partial charge on any atom is 0.325 e. The van der Waals surface area contributed by atoms with Gasteiger partial charge in [0.05, 0.1) is 7.11 Å². The Morgan fingerprint density at radius 3 is 2.48 bits per heavy atom. The maximum absolute atomic E-state index is 12.8. The zero-order chi connectivity index (χ0) is 23.3. The Hall–Kier alpha value is -2.61. The van der Waals surface area contributed by atoms with E-state index in [1.807, 2.05) is 12.1 Å². The van der Waals surface area contributed by atoms with Crippen LogP contribution in [0.4, 0.5) is 4.79 Å². The number of nitrogens with zero attached hydrogens (tertiary/aromatic N) is 2. The van der Waals surface area contributed by atoms with Crippen LogP contribution in [0.25, 0.3) is 0 Å². The van der Waals surface area contributed by atoms with E-state index in [9.17, 15) is 14.4 Å². The Morgan fingerprint density at radius 2 is 1.82 bits per heavy atom. The minimum atomic E-state index is -0.717. The summed E-state index contributed by atoms with van der Waals surface area (Å²) in [4.78, 5) is 41.2. The van der Waals surface area contributed by atoms with Crippen LogP contribution in [-0.4, -0.2) is 66.5 Å². The van der Waals surface area contributed by atoms with E-state index in [4.69, 9.17) is 4.74 Å². The summed E-state index contributed by atoms with van der Waals surface area (Å²) in [5.74, 6) is 1.09. The standard InChI is InChI=1S/C25H36N4O4/c1-33-21-7-5-20(6-8-21)18-28-14-9-19(10-15-28)17-26-22(30)11-16-29-23(31)25(27-24(29)32)12-3-2-4-13-25/h5-8,19H,2-4,9-18H2,1H3,(H,26,30)(H,27,32). The Kier molecular flexibility index (Phi) is 7.53. The van der Waals surface area contributed by atoms with Crippen LogP contribution in [0.2, 0.25) is 0 Å². The van der Waals surface area contributed by atoms with Gasteiger partial charge in [0.25, 0.3) is 5.91 Å². The Balaban J connectivity index is 1.14.